The van der Waals surface area contributed by atoms with E-state index in [0.29, 0.717) is 24.2 Å². The van der Waals surface area contributed by atoms with Crippen LogP contribution < -0.4 is 10.6 Å². The molecule has 4 heteroatoms. The highest BCUT2D eigenvalue weighted by Gasteiger charge is 2.06. The van der Waals surface area contributed by atoms with Crippen molar-refractivity contribution in [2.75, 3.05) is 11.9 Å². The molecule has 0 saturated carbocycles. The molecule has 2 N–H and O–H groups in total. The van der Waals surface area contributed by atoms with Gasteiger partial charge < -0.3 is 10.6 Å². The summed E-state index contributed by atoms with van der Waals surface area (Å²) in [5.74, 6) is -0.132. The number of nitrogens with one attached hydrogen (secondary N) is 2. The van der Waals surface area contributed by atoms with E-state index in [0.717, 1.165) is 12.8 Å². The predicted octanol–water partition coefficient (Wildman–Crippen LogP) is 2.57. The number of rotatable bonds is 6. The average molecular weight is 248 g/mol. The van der Waals surface area contributed by atoms with Gasteiger partial charge in [-0.3, -0.25) is 9.59 Å². The van der Waals surface area contributed by atoms with Gasteiger partial charge in [0.15, 0.2) is 0 Å². The Morgan fingerprint density at radius 2 is 2.00 bits per heavy atom. The molecule has 0 radical (unpaired) electrons. The summed E-state index contributed by atoms with van der Waals surface area (Å²) < 4.78 is 0. The molecule has 0 aliphatic heterocycles. The van der Waals surface area contributed by atoms with E-state index in [1.54, 1.807) is 24.3 Å². The zero-order valence-corrected chi connectivity index (χ0v) is 11.0. The van der Waals surface area contributed by atoms with Gasteiger partial charge in [0, 0.05) is 24.2 Å². The SMILES string of the molecule is CCCCC(=O)Nc1cccc(C(=O)NCC)c1. The first-order valence-electron chi connectivity index (χ1n) is 6.35. The van der Waals surface area contributed by atoms with E-state index in [4.69, 9.17) is 0 Å². The molecule has 1 rings (SSSR count). The van der Waals surface area contributed by atoms with Crippen molar-refractivity contribution < 1.29 is 9.59 Å². The smallest absolute Gasteiger partial charge is 0.251 e. The highest BCUT2D eigenvalue weighted by atomic mass is 16.2. The van der Waals surface area contributed by atoms with Crippen molar-refractivity contribution in [1.82, 2.24) is 5.32 Å². The van der Waals surface area contributed by atoms with Gasteiger partial charge in [0.05, 0.1) is 0 Å². The van der Waals surface area contributed by atoms with Crippen molar-refractivity contribution >= 4 is 17.5 Å². The second kappa shape index (κ2) is 7.48. The third-order valence-corrected chi connectivity index (χ3v) is 2.50. The first-order valence-corrected chi connectivity index (χ1v) is 6.35. The van der Waals surface area contributed by atoms with E-state index in [9.17, 15) is 9.59 Å². The molecular formula is C14H20N2O2. The Morgan fingerprint density at radius 3 is 2.67 bits per heavy atom. The molecule has 0 aromatic heterocycles. The van der Waals surface area contributed by atoms with Crippen LogP contribution in [0.1, 0.15) is 43.5 Å². The summed E-state index contributed by atoms with van der Waals surface area (Å²) in [6.45, 7) is 4.50. The van der Waals surface area contributed by atoms with Crippen molar-refractivity contribution in [3.8, 4) is 0 Å². The Balaban J connectivity index is 2.64. The Labute approximate surface area is 108 Å². The van der Waals surface area contributed by atoms with Gasteiger partial charge >= 0.3 is 0 Å². The lowest BCUT2D eigenvalue weighted by molar-refractivity contribution is -0.116. The summed E-state index contributed by atoms with van der Waals surface area (Å²) in [6.07, 6.45) is 2.39. The van der Waals surface area contributed by atoms with E-state index < -0.39 is 0 Å². The van der Waals surface area contributed by atoms with Gasteiger partial charge in [-0.25, -0.2) is 0 Å². The highest BCUT2D eigenvalue weighted by molar-refractivity contribution is 5.97. The maximum Gasteiger partial charge on any atom is 0.251 e. The van der Waals surface area contributed by atoms with Gasteiger partial charge in [0.2, 0.25) is 5.91 Å². The largest absolute Gasteiger partial charge is 0.352 e. The van der Waals surface area contributed by atoms with Gasteiger partial charge in [-0.15, -0.1) is 0 Å². The van der Waals surface area contributed by atoms with Gasteiger partial charge in [-0.1, -0.05) is 19.4 Å². The molecule has 2 amide bonds. The third kappa shape index (κ3) is 4.57. The molecule has 0 aliphatic carbocycles. The third-order valence-electron chi connectivity index (χ3n) is 2.50. The van der Waals surface area contributed by atoms with Crippen LogP contribution in [-0.2, 0) is 4.79 Å². The van der Waals surface area contributed by atoms with Crippen molar-refractivity contribution in [2.45, 2.75) is 33.1 Å². The van der Waals surface area contributed by atoms with Gasteiger partial charge in [0.1, 0.15) is 0 Å². The number of carbonyl (C=O) groups is 2. The van der Waals surface area contributed by atoms with Crippen LogP contribution in [0.5, 0.6) is 0 Å². The van der Waals surface area contributed by atoms with Crippen LogP contribution in [0.2, 0.25) is 0 Å². The number of carbonyl (C=O) groups excluding carboxylic acids is 2. The van der Waals surface area contributed by atoms with Crippen LogP contribution in [-0.4, -0.2) is 18.4 Å². The Kier molecular flexibility index (Phi) is 5.91. The summed E-state index contributed by atoms with van der Waals surface area (Å²) in [5.41, 5.74) is 1.23. The number of anilines is 1. The molecule has 0 bridgehead atoms. The van der Waals surface area contributed by atoms with E-state index in [1.165, 1.54) is 0 Å². The van der Waals surface area contributed by atoms with Gasteiger partial charge in [-0.05, 0) is 31.5 Å². The minimum atomic E-state index is -0.123. The van der Waals surface area contributed by atoms with Crippen molar-refractivity contribution in [1.29, 1.82) is 0 Å². The first kappa shape index (κ1) is 14.2. The van der Waals surface area contributed by atoms with Gasteiger partial charge in [-0.2, -0.15) is 0 Å². The van der Waals surface area contributed by atoms with Crippen molar-refractivity contribution in [3.05, 3.63) is 29.8 Å². The molecule has 1 aromatic carbocycles. The molecule has 98 valence electrons. The molecule has 0 heterocycles. The van der Waals surface area contributed by atoms with E-state index in [1.807, 2.05) is 13.8 Å². The fraction of sp³-hybridized carbons (Fsp3) is 0.429. The fourth-order valence-electron chi connectivity index (χ4n) is 1.56. The predicted molar refractivity (Wildman–Crippen MR) is 72.6 cm³/mol. The average Bonchev–Trinajstić information content (AvgIpc) is 2.37. The second-order valence-electron chi connectivity index (χ2n) is 4.09. The van der Waals surface area contributed by atoms with Crippen LogP contribution >= 0.6 is 0 Å². The summed E-state index contributed by atoms with van der Waals surface area (Å²) in [7, 11) is 0. The molecular weight excluding hydrogens is 228 g/mol. The van der Waals surface area contributed by atoms with Crippen LogP contribution in [0.25, 0.3) is 0 Å². The molecule has 0 saturated heterocycles. The monoisotopic (exact) mass is 248 g/mol. The van der Waals surface area contributed by atoms with Crippen molar-refractivity contribution in [3.63, 3.8) is 0 Å². The number of unbranched alkanes of at least 4 members (excludes halogenated alkanes) is 1. The number of amides is 2. The Bertz CT molecular complexity index is 416. The van der Waals surface area contributed by atoms with Crippen LogP contribution in [0.4, 0.5) is 5.69 Å². The second-order valence-corrected chi connectivity index (χ2v) is 4.09. The zero-order valence-electron chi connectivity index (χ0n) is 11.0. The zero-order chi connectivity index (χ0) is 13.4. The number of hydrogen-bond acceptors (Lipinski definition) is 2. The molecule has 0 unspecified atom stereocenters. The summed E-state index contributed by atoms with van der Waals surface area (Å²) in [5, 5.41) is 5.52. The summed E-state index contributed by atoms with van der Waals surface area (Å²) in [4.78, 5) is 23.2. The van der Waals surface area contributed by atoms with Crippen LogP contribution in [0.3, 0.4) is 0 Å². The fourth-order valence-corrected chi connectivity index (χ4v) is 1.56. The molecule has 0 fully saturated rings. The Morgan fingerprint density at radius 1 is 1.22 bits per heavy atom. The minimum Gasteiger partial charge on any atom is -0.352 e. The number of hydrogen-bond donors (Lipinski definition) is 2. The molecule has 0 atom stereocenters. The standard InChI is InChI=1S/C14H20N2O2/c1-3-5-9-13(17)16-12-8-6-7-11(10-12)14(18)15-4-2/h6-8,10H,3-5,9H2,1-2H3,(H,15,18)(H,16,17). The van der Waals surface area contributed by atoms with Crippen molar-refractivity contribution in [2.24, 2.45) is 0 Å². The minimum absolute atomic E-state index is 0.00935. The quantitative estimate of drug-likeness (QED) is 0.813. The van der Waals surface area contributed by atoms with E-state index in [2.05, 4.69) is 10.6 Å². The summed E-state index contributed by atoms with van der Waals surface area (Å²) in [6, 6.07) is 6.97. The van der Waals surface area contributed by atoms with Crippen LogP contribution in [0, 0.1) is 0 Å². The lowest BCUT2D eigenvalue weighted by Crippen LogP contribution is -2.22. The number of benzene rings is 1. The van der Waals surface area contributed by atoms with E-state index in [-0.39, 0.29) is 11.8 Å². The lowest BCUT2D eigenvalue weighted by atomic mass is 10.1. The lowest BCUT2D eigenvalue weighted by Gasteiger charge is -2.07. The highest BCUT2D eigenvalue weighted by Crippen LogP contribution is 2.11. The van der Waals surface area contributed by atoms with Crippen LogP contribution in [0.15, 0.2) is 24.3 Å². The molecule has 0 spiro atoms. The molecule has 18 heavy (non-hydrogen) atoms. The normalized spacial score (nSPS) is 9.89. The topological polar surface area (TPSA) is 58.2 Å². The van der Waals surface area contributed by atoms with E-state index >= 15 is 0 Å². The van der Waals surface area contributed by atoms with Gasteiger partial charge in [0.25, 0.3) is 5.91 Å². The summed E-state index contributed by atoms with van der Waals surface area (Å²) >= 11 is 0. The molecule has 1 aromatic rings. The maximum absolute atomic E-state index is 11.6. The Hall–Kier alpha value is -1.84. The maximum atomic E-state index is 11.6. The first-order chi connectivity index (χ1) is 8.67. The molecule has 0 aliphatic rings. The molecule has 4 nitrogen and oxygen atoms in total.